The largest absolute Gasteiger partial charge is 0.384 e. The third-order valence-corrected chi connectivity index (χ3v) is 4.17. The third kappa shape index (κ3) is 2.72. The number of hydrogen-bond acceptors (Lipinski definition) is 2. The van der Waals surface area contributed by atoms with Crippen LogP contribution in [0, 0.1) is 23.1 Å². The van der Waals surface area contributed by atoms with E-state index in [1.807, 2.05) is 0 Å². The first-order valence-corrected chi connectivity index (χ1v) is 6.80. The highest BCUT2D eigenvalue weighted by Gasteiger charge is 2.30. The second-order valence-corrected chi connectivity index (χ2v) is 5.79. The van der Waals surface area contributed by atoms with Crippen molar-refractivity contribution in [1.29, 1.82) is 5.41 Å². The van der Waals surface area contributed by atoms with Gasteiger partial charge in [-0.15, -0.1) is 0 Å². The zero-order chi connectivity index (χ0) is 14.2. The van der Waals surface area contributed by atoms with Gasteiger partial charge < -0.3 is 10.6 Å². The van der Waals surface area contributed by atoms with Gasteiger partial charge in [0.1, 0.15) is 11.7 Å². The lowest BCUT2D eigenvalue weighted by Crippen LogP contribution is -2.46. The molecule has 4 heteroatoms. The maximum atomic E-state index is 14.2. The second kappa shape index (κ2) is 5.19. The van der Waals surface area contributed by atoms with E-state index in [1.165, 1.54) is 12.5 Å². The van der Waals surface area contributed by atoms with Gasteiger partial charge in [0.15, 0.2) is 0 Å². The zero-order valence-corrected chi connectivity index (χ0v) is 11.8. The number of benzene rings is 1. The van der Waals surface area contributed by atoms with Gasteiger partial charge in [0.2, 0.25) is 0 Å². The highest BCUT2D eigenvalue weighted by atomic mass is 19.1. The number of nitrogens with zero attached hydrogens (tertiary/aromatic N) is 1. The number of piperidine rings is 1. The van der Waals surface area contributed by atoms with E-state index in [-0.39, 0.29) is 11.7 Å². The van der Waals surface area contributed by atoms with Crippen LogP contribution in [0.2, 0.25) is 0 Å². The summed E-state index contributed by atoms with van der Waals surface area (Å²) in [5.41, 5.74) is 6.44. The lowest BCUT2D eigenvalue weighted by molar-refractivity contribution is 0.295. The molecule has 0 spiro atoms. The molecule has 1 aliphatic heterocycles. The van der Waals surface area contributed by atoms with Crippen molar-refractivity contribution < 1.29 is 4.39 Å². The predicted molar refractivity (Wildman–Crippen MR) is 77.2 cm³/mol. The normalized spacial score (nSPS) is 27.4. The smallest absolute Gasteiger partial charge is 0.147 e. The van der Waals surface area contributed by atoms with Gasteiger partial charge in [-0.3, -0.25) is 5.41 Å². The minimum atomic E-state index is -0.291. The molecule has 1 aromatic carbocycles. The molecule has 1 heterocycles. The Labute approximate surface area is 114 Å². The molecule has 1 aliphatic rings. The molecule has 0 amide bonds. The van der Waals surface area contributed by atoms with E-state index in [4.69, 9.17) is 11.1 Å². The first kappa shape index (κ1) is 13.8. The topological polar surface area (TPSA) is 53.1 Å². The van der Waals surface area contributed by atoms with Crippen molar-refractivity contribution in [2.45, 2.75) is 33.2 Å². The molecule has 104 valence electrons. The van der Waals surface area contributed by atoms with E-state index in [0.717, 1.165) is 6.54 Å². The molecule has 1 saturated heterocycles. The molecule has 19 heavy (non-hydrogen) atoms. The highest BCUT2D eigenvalue weighted by Crippen LogP contribution is 2.32. The number of amidine groups is 1. The molecule has 1 aromatic rings. The lowest BCUT2D eigenvalue weighted by atomic mass is 9.85. The molecule has 1 fully saturated rings. The Morgan fingerprint density at radius 2 is 2.05 bits per heavy atom. The number of nitrogens with two attached hydrogens (primary N) is 1. The standard InChI is InChI=1S/C15H22FN3/c1-9-6-10(2)11(3)19(8-9)14-5-4-12(15(17)18)7-13(14)16/h4-5,7,9-11H,6,8H2,1-3H3,(H3,17,18). The van der Waals surface area contributed by atoms with Gasteiger partial charge in [-0.1, -0.05) is 13.8 Å². The van der Waals surface area contributed by atoms with E-state index < -0.39 is 0 Å². The van der Waals surface area contributed by atoms with Crippen molar-refractivity contribution in [3.8, 4) is 0 Å². The Hall–Kier alpha value is -1.58. The molecule has 3 N–H and O–H groups in total. The van der Waals surface area contributed by atoms with Gasteiger partial charge in [0.25, 0.3) is 0 Å². The molecule has 3 atom stereocenters. The van der Waals surface area contributed by atoms with E-state index >= 15 is 0 Å². The van der Waals surface area contributed by atoms with E-state index in [2.05, 4.69) is 25.7 Å². The van der Waals surface area contributed by atoms with E-state index in [0.29, 0.717) is 29.1 Å². The fraction of sp³-hybridized carbons (Fsp3) is 0.533. The maximum absolute atomic E-state index is 14.2. The van der Waals surface area contributed by atoms with Crippen molar-refractivity contribution >= 4 is 11.5 Å². The quantitative estimate of drug-likeness (QED) is 0.636. The molecule has 3 nitrogen and oxygen atoms in total. The van der Waals surface area contributed by atoms with Crippen LogP contribution in [0.25, 0.3) is 0 Å². The Kier molecular flexibility index (Phi) is 3.78. The van der Waals surface area contributed by atoms with Crippen LogP contribution in [-0.2, 0) is 0 Å². The Morgan fingerprint density at radius 1 is 1.37 bits per heavy atom. The lowest BCUT2D eigenvalue weighted by Gasteiger charge is -2.42. The SMILES string of the molecule is CC1CC(C)C(C)N(c2ccc(C(=N)N)cc2F)C1. The number of anilines is 1. The number of nitrogen functional groups attached to an aromatic ring is 1. The Bertz CT molecular complexity index is 486. The maximum Gasteiger partial charge on any atom is 0.147 e. The summed E-state index contributed by atoms with van der Waals surface area (Å²) in [6, 6.07) is 5.15. The average molecular weight is 263 g/mol. The summed E-state index contributed by atoms with van der Waals surface area (Å²) in [5, 5.41) is 7.35. The van der Waals surface area contributed by atoms with Crippen LogP contribution in [0.1, 0.15) is 32.8 Å². The zero-order valence-electron chi connectivity index (χ0n) is 11.8. The molecular formula is C15H22FN3. The molecule has 0 radical (unpaired) electrons. The molecule has 0 aromatic heterocycles. The second-order valence-electron chi connectivity index (χ2n) is 5.79. The number of nitrogens with one attached hydrogen (secondary N) is 1. The summed E-state index contributed by atoms with van der Waals surface area (Å²) >= 11 is 0. The van der Waals surface area contributed by atoms with Crippen molar-refractivity contribution in [3.05, 3.63) is 29.6 Å². The minimum Gasteiger partial charge on any atom is -0.384 e. The van der Waals surface area contributed by atoms with Crippen molar-refractivity contribution in [2.24, 2.45) is 17.6 Å². The minimum absolute atomic E-state index is 0.0983. The molecule has 0 bridgehead atoms. The summed E-state index contributed by atoms with van der Waals surface area (Å²) in [5.74, 6) is 0.730. The summed E-state index contributed by atoms with van der Waals surface area (Å²) in [6.07, 6.45) is 1.19. The number of halogens is 1. The van der Waals surface area contributed by atoms with Crippen molar-refractivity contribution in [3.63, 3.8) is 0 Å². The van der Waals surface area contributed by atoms with Crippen LogP contribution in [0.15, 0.2) is 18.2 Å². The van der Waals surface area contributed by atoms with Gasteiger partial charge in [-0.25, -0.2) is 4.39 Å². The van der Waals surface area contributed by atoms with Crippen LogP contribution < -0.4 is 10.6 Å². The van der Waals surface area contributed by atoms with Crippen molar-refractivity contribution in [2.75, 3.05) is 11.4 Å². The molecule has 3 unspecified atom stereocenters. The Balaban J connectivity index is 2.32. The van der Waals surface area contributed by atoms with E-state index in [9.17, 15) is 4.39 Å². The first-order chi connectivity index (χ1) is 8.90. The van der Waals surface area contributed by atoms with Crippen LogP contribution >= 0.6 is 0 Å². The summed E-state index contributed by atoms with van der Waals surface area (Å²) in [7, 11) is 0. The summed E-state index contributed by atoms with van der Waals surface area (Å²) in [6.45, 7) is 7.45. The van der Waals surface area contributed by atoms with Crippen LogP contribution in [0.4, 0.5) is 10.1 Å². The van der Waals surface area contributed by atoms with Gasteiger partial charge >= 0.3 is 0 Å². The highest BCUT2D eigenvalue weighted by molar-refractivity contribution is 5.95. The number of hydrogen-bond donors (Lipinski definition) is 2. The predicted octanol–water partition coefficient (Wildman–Crippen LogP) is 2.98. The molecule has 0 aliphatic carbocycles. The third-order valence-electron chi connectivity index (χ3n) is 4.17. The summed E-state index contributed by atoms with van der Waals surface area (Å²) in [4.78, 5) is 2.14. The van der Waals surface area contributed by atoms with E-state index in [1.54, 1.807) is 12.1 Å². The fourth-order valence-electron chi connectivity index (χ4n) is 2.94. The average Bonchev–Trinajstić information content (AvgIpc) is 2.33. The fourth-order valence-corrected chi connectivity index (χ4v) is 2.94. The van der Waals surface area contributed by atoms with Gasteiger partial charge in [0.05, 0.1) is 5.69 Å². The number of rotatable bonds is 2. The van der Waals surface area contributed by atoms with Crippen LogP contribution in [0.5, 0.6) is 0 Å². The molecule has 2 rings (SSSR count). The molecule has 0 saturated carbocycles. The van der Waals surface area contributed by atoms with Gasteiger partial charge in [-0.2, -0.15) is 0 Å². The monoisotopic (exact) mass is 263 g/mol. The van der Waals surface area contributed by atoms with Gasteiger partial charge in [0, 0.05) is 18.2 Å². The summed E-state index contributed by atoms with van der Waals surface area (Å²) < 4.78 is 14.2. The molecular weight excluding hydrogens is 241 g/mol. The Morgan fingerprint density at radius 3 is 2.63 bits per heavy atom. The van der Waals surface area contributed by atoms with Crippen LogP contribution in [-0.4, -0.2) is 18.4 Å². The van der Waals surface area contributed by atoms with Crippen molar-refractivity contribution in [1.82, 2.24) is 0 Å². The van der Waals surface area contributed by atoms with Gasteiger partial charge in [-0.05, 0) is 43.4 Å². The van der Waals surface area contributed by atoms with Crippen LogP contribution in [0.3, 0.4) is 0 Å². The first-order valence-electron chi connectivity index (χ1n) is 6.80.